The number of nitrogen functional groups attached to an aromatic ring is 1. The van der Waals surface area contributed by atoms with Crippen molar-refractivity contribution in [3.8, 4) is 0 Å². The Morgan fingerprint density at radius 2 is 1.71 bits per heavy atom. The summed E-state index contributed by atoms with van der Waals surface area (Å²) in [5, 5.41) is 3.25. The predicted octanol–water partition coefficient (Wildman–Crippen LogP) is 3.56. The molecule has 0 atom stereocenters. The molecule has 200 valence electrons. The van der Waals surface area contributed by atoms with Gasteiger partial charge in [0.1, 0.15) is 11.3 Å². The van der Waals surface area contributed by atoms with Gasteiger partial charge in [-0.1, -0.05) is 35.9 Å². The van der Waals surface area contributed by atoms with Gasteiger partial charge in [-0.15, -0.1) is 0 Å². The van der Waals surface area contributed by atoms with Crippen LogP contribution in [0.4, 0.5) is 10.6 Å². The zero-order chi connectivity index (χ0) is 27.1. The van der Waals surface area contributed by atoms with E-state index in [9.17, 15) is 13.2 Å². The molecular weight excluding hydrogens is 530 g/mol. The molecule has 38 heavy (non-hydrogen) atoms. The van der Waals surface area contributed by atoms with Gasteiger partial charge in [0.15, 0.2) is 11.5 Å². The number of nitrogens with two attached hydrogens (primary N) is 1. The monoisotopic (exact) mass is 557 g/mol. The van der Waals surface area contributed by atoms with Gasteiger partial charge >= 0.3 is 6.09 Å². The van der Waals surface area contributed by atoms with Crippen molar-refractivity contribution in [1.82, 2.24) is 29.6 Å². The summed E-state index contributed by atoms with van der Waals surface area (Å²) in [5.41, 5.74) is 8.68. The third kappa shape index (κ3) is 7.18. The molecule has 0 bridgehead atoms. The van der Waals surface area contributed by atoms with E-state index in [-0.39, 0.29) is 24.6 Å². The Morgan fingerprint density at radius 3 is 2.45 bits per heavy atom. The summed E-state index contributed by atoms with van der Waals surface area (Å²) in [6.45, 7) is 3.04. The highest BCUT2D eigenvalue weighted by Gasteiger charge is 2.14. The molecule has 0 saturated carbocycles. The van der Waals surface area contributed by atoms with Crippen LogP contribution in [0, 0.1) is 6.92 Å². The lowest BCUT2D eigenvalue weighted by Crippen LogP contribution is -2.25. The highest BCUT2D eigenvalue weighted by atomic mass is 35.5. The topological polar surface area (TPSA) is 154 Å². The Labute approximate surface area is 225 Å². The van der Waals surface area contributed by atoms with E-state index in [0.717, 1.165) is 17.5 Å². The van der Waals surface area contributed by atoms with Crippen LogP contribution in [0.2, 0.25) is 5.02 Å². The van der Waals surface area contributed by atoms with E-state index in [4.69, 9.17) is 22.1 Å². The molecule has 0 fully saturated rings. The van der Waals surface area contributed by atoms with Crippen molar-refractivity contribution in [2.24, 2.45) is 0 Å². The van der Waals surface area contributed by atoms with E-state index in [1.807, 2.05) is 4.57 Å². The van der Waals surface area contributed by atoms with Crippen LogP contribution in [0.25, 0.3) is 11.2 Å². The smallest absolute Gasteiger partial charge is 0.407 e. The first-order valence-electron chi connectivity index (χ1n) is 11.9. The molecule has 2 aromatic heterocycles. The van der Waals surface area contributed by atoms with E-state index < -0.39 is 16.1 Å². The molecule has 0 spiro atoms. The lowest BCUT2D eigenvalue weighted by molar-refractivity contribution is 0.143. The van der Waals surface area contributed by atoms with Gasteiger partial charge in [-0.05, 0) is 55.2 Å². The number of alkyl carbamates (subject to hydrolysis) is 1. The maximum absolute atomic E-state index is 12.5. The van der Waals surface area contributed by atoms with Crippen LogP contribution in [0.5, 0.6) is 0 Å². The van der Waals surface area contributed by atoms with Crippen LogP contribution in [0.1, 0.15) is 29.8 Å². The number of rotatable bonds is 11. The van der Waals surface area contributed by atoms with Crippen molar-refractivity contribution >= 4 is 44.7 Å². The number of hydrogen-bond acceptors (Lipinski definition) is 8. The van der Waals surface area contributed by atoms with E-state index in [1.165, 1.54) is 12.1 Å². The van der Waals surface area contributed by atoms with Crippen LogP contribution in [0.15, 0.2) is 59.8 Å². The number of carbonyl (C=O) groups is 1. The number of carbonyl (C=O) groups excluding carboxylic acids is 1. The number of hydrogen-bond donors (Lipinski definition) is 3. The summed E-state index contributed by atoms with van der Waals surface area (Å²) in [5.74, 6) is 0.937. The minimum atomic E-state index is -3.68. The van der Waals surface area contributed by atoms with Crippen LogP contribution in [-0.2, 0) is 34.4 Å². The zero-order valence-electron chi connectivity index (χ0n) is 20.7. The summed E-state index contributed by atoms with van der Waals surface area (Å²) < 4.78 is 34.8. The van der Waals surface area contributed by atoms with E-state index >= 15 is 0 Å². The Morgan fingerprint density at radius 1 is 1.03 bits per heavy atom. The number of imidazole rings is 1. The minimum Gasteiger partial charge on any atom is -0.450 e. The molecular formula is C25H28ClN7O4S. The summed E-state index contributed by atoms with van der Waals surface area (Å²) >= 11 is 5.85. The first-order chi connectivity index (χ1) is 18.2. The van der Waals surface area contributed by atoms with Crippen molar-refractivity contribution in [2.75, 3.05) is 12.3 Å². The quantitative estimate of drug-likeness (QED) is 0.236. The van der Waals surface area contributed by atoms with Crippen molar-refractivity contribution in [3.05, 3.63) is 76.8 Å². The minimum absolute atomic E-state index is 0.132. The van der Waals surface area contributed by atoms with Gasteiger partial charge in [-0.2, -0.15) is 0 Å². The van der Waals surface area contributed by atoms with Gasteiger partial charge in [-0.25, -0.2) is 32.9 Å². The number of amides is 1. The number of anilines is 1. The second-order valence-corrected chi connectivity index (χ2v) is 10.8. The molecule has 0 unspecified atom stereocenters. The third-order valence-corrected chi connectivity index (χ3v) is 7.35. The molecule has 4 aromatic rings. The second kappa shape index (κ2) is 12.2. The highest BCUT2D eigenvalue weighted by molar-refractivity contribution is 7.89. The summed E-state index contributed by atoms with van der Waals surface area (Å²) in [7, 11) is -3.68. The van der Waals surface area contributed by atoms with Crippen molar-refractivity contribution in [3.63, 3.8) is 0 Å². The first kappa shape index (κ1) is 27.3. The number of nitrogens with one attached hydrogen (secondary N) is 2. The molecule has 0 aliphatic heterocycles. The van der Waals surface area contributed by atoms with Gasteiger partial charge in [0.25, 0.3) is 0 Å². The number of nitrogens with zero attached hydrogens (tertiary/aromatic N) is 4. The predicted molar refractivity (Wildman–Crippen MR) is 144 cm³/mol. The maximum atomic E-state index is 12.5. The van der Waals surface area contributed by atoms with Gasteiger partial charge in [0.05, 0.1) is 17.8 Å². The molecule has 2 heterocycles. The van der Waals surface area contributed by atoms with Crippen LogP contribution < -0.4 is 15.8 Å². The van der Waals surface area contributed by atoms with Crippen molar-refractivity contribution < 1.29 is 17.9 Å². The van der Waals surface area contributed by atoms with E-state index in [2.05, 4.69) is 25.0 Å². The number of ether oxygens (including phenoxy) is 1. The largest absolute Gasteiger partial charge is 0.450 e. The van der Waals surface area contributed by atoms with Gasteiger partial charge in [0.2, 0.25) is 10.0 Å². The first-order valence-corrected chi connectivity index (χ1v) is 13.8. The number of aromatic nitrogens is 4. The lowest BCUT2D eigenvalue weighted by Gasteiger charge is -2.09. The van der Waals surface area contributed by atoms with Crippen molar-refractivity contribution in [1.29, 1.82) is 0 Å². The van der Waals surface area contributed by atoms with Crippen LogP contribution >= 0.6 is 11.6 Å². The van der Waals surface area contributed by atoms with Gasteiger partial charge in [-0.3, -0.25) is 0 Å². The summed E-state index contributed by atoms with van der Waals surface area (Å²) in [6.07, 6.45) is 2.54. The average Bonchev–Trinajstić information content (AvgIpc) is 3.30. The fourth-order valence-electron chi connectivity index (χ4n) is 3.67. The molecule has 0 saturated heterocycles. The number of aryl methyl sites for hydroxylation is 2. The molecule has 0 radical (unpaired) electrons. The highest BCUT2D eigenvalue weighted by Crippen LogP contribution is 2.17. The molecule has 0 aliphatic carbocycles. The van der Waals surface area contributed by atoms with Crippen LogP contribution in [0.3, 0.4) is 0 Å². The molecule has 2 aromatic carbocycles. The number of sulfonamides is 1. The average molecular weight is 558 g/mol. The van der Waals surface area contributed by atoms with Crippen molar-refractivity contribution in [2.45, 2.75) is 44.3 Å². The number of unbranched alkanes of at least 4 members (excludes halogenated alkanes) is 1. The molecule has 13 heteroatoms. The maximum Gasteiger partial charge on any atom is 0.407 e. The molecule has 4 N–H and O–H groups in total. The third-order valence-electron chi connectivity index (χ3n) is 5.68. The number of benzene rings is 2. The van der Waals surface area contributed by atoms with E-state index in [1.54, 1.807) is 49.6 Å². The zero-order valence-corrected chi connectivity index (χ0v) is 22.3. The normalized spacial score (nSPS) is 11.5. The SMILES string of the molecule is Cc1nc(N)c2ncn(CCCCOC(=O)NCc3ccc(S(=O)(=O)NCc4ccc(Cl)cc4)cc3)c2n1. The Hall–Kier alpha value is -3.74. The number of halogens is 1. The fourth-order valence-corrected chi connectivity index (χ4v) is 4.81. The van der Waals surface area contributed by atoms with Gasteiger partial charge < -0.3 is 20.4 Å². The van der Waals surface area contributed by atoms with Crippen LogP contribution in [-0.4, -0.2) is 40.6 Å². The number of fused-ring (bicyclic) bond motifs is 1. The standard InChI is InChI=1S/C25H28ClN7O4S/c1-17-31-23(27)22-24(32-17)33(16-29-22)12-2-3-13-37-25(34)28-14-18-6-10-21(11-7-18)38(35,36)30-15-19-4-8-20(26)9-5-19/h4-11,16,30H,2-3,12-15H2,1H3,(H,28,34)(H2,27,31,32). The summed E-state index contributed by atoms with van der Waals surface area (Å²) in [6, 6.07) is 13.2. The molecule has 1 amide bonds. The Bertz CT molecular complexity index is 1510. The second-order valence-electron chi connectivity index (χ2n) is 8.56. The van der Waals surface area contributed by atoms with E-state index in [0.29, 0.717) is 40.8 Å². The Kier molecular flexibility index (Phi) is 8.77. The fraction of sp³-hybridized carbons (Fsp3) is 0.280. The van der Waals surface area contributed by atoms with Gasteiger partial charge in [0, 0.05) is 24.7 Å². The molecule has 4 rings (SSSR count). The summed E-state index contributed by atoms with van der Waals surface area (Å²) in [4.78, 5) is 24.9. The molecule has 0 aliphatic rings. The Balaban J connectivity index is 1.16. The lowest BCUT2D eigenvalue weighted by atomic mass is 10.2. The molecule has 11 nitrogen and oxygen atoms in total.